The van der Waals surface area contributed by atoms with E-state index in [4.69, 9.17) is 10.5 Å². The van der Waals surface area contributed by atoms with Crippen molar-refractivity contribution in [3.05, 3.63) is 35.4 Å². The number of benzene rings is 1. The van der Waals surface area contributed by atoms with Crippen molar-refractivity contribution in [1.29, 1.82) is 0 Å². The second-order valence-electron chi connectivity index (χ2n) is 6.81. The third kappa shape index (κ3) is 7.76. The summed E-state index contributed by atoms with van der Waals surface area (Å²) >= 11 is 0. The van der Waals surface area contributed by atoms with Crippen LogP contribution in [-0.4, -0.2) is 56.8 Å². The number of halogens is 3. The summed E-state index contributed by atoms with van der Waals surface area (Å²) in [5.74, 6) is 0.377. The zero-order chi connectivity index (χ0) is 19.7. The number of morpholine rings is 1. The molecular formula is C19H29F3N4O. The van der Waals surface area contributed by atoms with E-state index < -0.39 is 11.7 Å². The van der Waals surface area contributed by atoms with Crippen LogP contribution in [0.5, 0.6) is 0 Å². The standard InChI is InChI=1S/C19H29F3N4O/c1-15(16-4-2-5-17(14-16)19(20,21)22)6-8-25-18(23)24-7-3-9-26-10-12-27-13-11-26/h2,4-5,14-15H,3,6-13H2,1H3,(H3,23,24,25). The molecule has 1 saturated heterocycles. The first-order valence-corrected chi connectivity index (χ1v) is 9.37. The quantitative estimate of drug-likeness (QED) is 0.410. The van der Waals surface area contributed by atoms with Gasteiger partial charge in [-0.3, -0.25) is 9.89 Å². The van der Waals surface area contributed by atoms with Crippen molar-refractivity contribution in [2.75, 3.05) is 45.9 Å². The van der Waals surface area contributed by atoms with Gasteiger partial charge in [-0.1, -0.05) is 25.1 Å². The number of hydrogen-bond acceptors (Lipinski definition) is 3. The summed E-state index contributed by atoms with van der Waals surface area (Å²) in [6, 6.07) is 5.49. The first-order valence-electron chi connectivity index (χ1n) is 9.37. The summed E-state index contributed by atoms with van der Waals surface area (Å²) in [5.41, 5.74) is 5.92. The van der Waals surface area contributed by atoms with E-state index in [1.807, 2.05) is 6.92 Å². The van der Waals surface area contributed by atoms with E-state index in [9.17, 15) is 13.2 Å². The largest absolute Gasteiger partial charge is 0.416 e. The number of hydrogen-bond donors (Lipinski definition) is 2. The van der Waals surface area contributed by atoms with Crippen molar-refractivity contribution in [3.8, 4) is 0 Å². The molecule has 0 radical (unpaired) electrons. The molecule has 0 aromatic heterocycles. The minimum Gasteiger partial charge on any atom is -0.379 e. The Morgan fingerprint density at radius 1 is 1.33 bits per heavy atom. The molecule has 1 heterocycles. The monoisotopic (exact) mass is 386 g/mol. The van der Waals surface area contributed by atoms with E-state index in [1.165, 1.54) is 12.1 Å². The fraction of sp³-hybridized carbons (Fsp3) is 0.632. The highest BCUT2D eigenvalue weighted by atomic mass is 19.4. The van der Waals surface area contributed by atoms with Crippen LogP contribution in [0.3, 0.4) is 0 Å². The molecule has 1 fully saturated rings. The van der Waals surface area contributed by atoms with Crippen LogP contribution in [0.2, 0.25) is 0 Å². The molecule has 0 spiro atoms. The summed E-state index contributed by atoms with van der Waals surface area (Å²) in [6.07, 6.45) is -2.71. The Morgan fingerprint density at radius 2 is 2.07 bits per heavy atom. The number of nitrogens with one attached hydrogen (secondary N) is 1. The van der Waals surface area contributed by atoms with Gasteiger partial charge in [-0.2, -0.15) is 13.2 Å². The van der Waals surface area contributed by atoms with Gasteiger partial charge in [-0.05, 0) is 30.4 Å². The molecule has 1 aliphatic rings. The molecule has 152 valence electrons. The maximum absolute atomic E-state index is 12.8. The third-order valence-electron chi connectivity index (χ3n) is 4.68. The van der Waals surface area contributed by atoms with Gasteiger partial charge in [0.1, 0.15) is 0 Å². The molecule has 2 rings (SSSR count). The average Bonchev–Trinajstić information content (AvgIpc) is 2.65. The lowest BCUT2D eigenvalue weighted by Crippen LogP contribution is -2.37. The van der Waals surface area contributed by atoms with Gasteiger partial charge in [0.15, 0.2) is 5.96 Å². The van der Waals surface area contributed by atoms with Gasteiger partial charge < -0.3 is 15.8 Å². The first-order chi connectivity index (χ1) is 12.9. The van der Waals surface area contributed by atoms with Crippen molar-refractivity contribution >= 4 is 5.96 Å². The van der Waals surface area contributed by atoms with E-state index in [-0.39, 0.29) is 5.92 Å². The van der Waals surface area contributed by atoms with Crippen LogP contribution in [0, 0.1) is 0 Å². The predicted octanol–water partition coefficient (Wildman–Crippen LogP) is 2.83. The van der Waals surface area contributed by atoms with Crippen LogP contribution in [0.1, 0.15) is 36.8 Å². The minimum atomic E-state index is -4.31. The summed E-state index contributed by atoms with van der Waals surface area (Å²) in [7, 11) is 0. The summed E-state index contributed by atoms with van der Waals surface area (Å²) < 4.78 is 43.7. The SMILES string of the molecule is CC(CCNC(N)=NCCCN1CCOCC1)c1cccc(C(F)(F)F)c1. The Labute approximate surface area is 158 Å². The molecule has 1 aromatic carbocycles. The van der Waals surface area contributed by atoms with Crippen molar-refractivity contribution in [2.24, 2.45) is 10.7 Å². The van der Waals surface area contributed by atoms with Crippen LogP contribution >= 0.6 is 0 Å². The zero-order valence-corrected chi connectivity index (χ0v) is 15.8. The van der Waals surface area contributed by atoms with E-state index in [1.54, 1.807) is 6.07 Å². The second kappa shape index (κ2) is 10.5. The smallest absolute Gasteiger partial charge is 0.379 e. The number of alkyl halides is 3. The van der Waals surface area contributed by atoms with Crippen LogP contribution in [0.25, 0.3) is 0 Å². The normalized spacial score (nSPS) is 17.7. The van der Waals surface area contributed by atoms with Gasteiger partial charge in [-0.25, -0.2) is 0 Å². The number of aliphatic imine (C=N–C) groups is 1. The number of ether oxygens (including phenoxy) is 1. The van der Waals surface area contributed by atoms with E-state index >= 15 is 0 Å². The van der Waals surface area contributed by atoms with Crippen LogP contribution < -0.4 is 11.1 Å². The molecule has 27 heavy (non-hydrogen) atoms. The molecule has 0 saturated carbocycles. The molecule has 3 N–H and O–H groups in total. The van der Waals surface area contributed by atoms with Gasteiger partial charge in [-0.15, -0.1) is 0 Å². The van der Waals surface area contributed by atoms with Gasteiger partial charge >= 0.3 is 6.18 Å². The molecule has 8 heteroatoms. The third-order valence-corrected chi connectivity index (χ3v) is 4.68. The van der Waals surface area contributed by atoms with Crippen molar-refractivity contribution in [1.82, 2.24) is 10.2 Å². The van der Waals surface area contributed by atoms with E-state index in [0.29, 0.717) is 31.0 Å². The minimum absolute atomic E-state index is 0.00563. The summed E-state index contributed by atoms with van der Waals surface area (Å²) in [6.45, 7) is 7.61. The molecule has 0 bridgehead atoms. The van der Waals surface area contributed by atoms with Gasteiger partial charge in [0, 0.05) is 32.7 Å². The Balaban J connectivity index is 1.67. The topological polar surface area (TPSA) is 62.9 Å². The second-order valence-corrected chi connectivity index (χ2v) is 6.81. The maximum atomic E-state index is 12.8. The van der Waals surface area contributed by atoms with Gasteiger partial charge in [0.05, 0.1) is 18.8 Å². The lowest BCUT2D eigenvalue weighted by atomic mass is 9.96. The molecule has 1 unspecified atom stereocenters. The van der Waals surface area contributed by atoms with E-state index in [2.05, 4.69) is 15.2 Å². The van der Waals surface area contributed by atoms with Crippen molar-refractivity contribution in [3.63, 3.8) is 0 Å². The lowest BCUT2D eigenvalue weighted by Gasteiger charge is -2.26. The Morgan fingerprint density at radius 3 is 2.78 bits per heavy atom. The molecule has 1 aromatic rings. The fourth-order valence-corrected chi connectivity index (χ4v) is 2.98. The molecule has 1 aliphatic heterocycles. The number of nitrogens with zero attached hydrogens (tertiary/aromatic N) is 2. The molecular weight excluding hydrogens is 357 g/mol. The van der Waals surface area contributed by atoms with Crippen molar-refractivity contribution < 1.29 is 17.9 Å². The maximum Gasteiger partial charge on any atom is 0.416 e. The van der Waals surface area contributed by atoms with Crippen LogP contribution in [0.15, 0.2) is 29.3 Å². The Bertz CT molecular complexity index is 601. The van der Waals surface area contributed by atoms with E-state index in [0.717, 1.165) is 45.3 Å². The highest BCUT2D eigenvalue weighted by Crippen LogP contribution is 2.31. The molecule has 0 aliphatic carbocycles. The van der Waals surface area contributed by atoms with Gasteiger partial charge in [0.2, 0.25) is 0 Å². The zero-order valence-electron chi connectivity index (χ0n) is 15.8. The molecule has 5 nitrogen and oxygen atoms in total. The summed E-state index contributed by atoms with van der Waals surface area (Å²) in [5, 5.41) is 3.04. The van der Waals surface area contributed by atoms with Gasteiger partial charge in [0.25, 0.3) is 0 Å². The van der Waals surface area contributed by atoms with Crippen molar-refractivity contribution in [2.45, 2.75) is 31.9 Å². The van der Waals surface area contributed by atoms with Crippen LogP contribution in [-0.2, 0) is 10.9 Å². The molecule has 1 atom stereocenters. The lowest BCUT2D eigenvalue weighted by molar-refractivity contribution is -0.137. The predicted molar refractivity (Wildman–Crippen MR) is 101 cm³/mol. The number of nitrogens with two attached hydrogens (primary N) is 1. The number of rotatable bonds is 8. The first kappa shape index (κ1) is 21.5. The number of guanidine groups is 1. The molecule has 0 amide bonds. The average molecular weight is 386 g/mol. The fourth-order valence-electron chi connectivity index (χ4n) is 2.98. The highest BCUT2D eigenvalue weighted by Gasteiger charge is 2.30. The highest BCUT2D eigenvalue weighted by molar-refractivity contribution is 5.77. The summed E-state index contributed by atoms with van der Waals surface area (Å²) in [4.78, 5) is 6.65. The Kier molecular flexibility index (Phi) is 8.37. The van der Waals surface area contributed by atoms with Crippen LogP contribution in [0.4, 0.5) is 13.2 Å². The Hall–Kier alpha value is -1.80.